The molecule has 4 aliphatic rings. The molecule has 1 amide bonds. The van der Waals surface area contributed by atoms with Gasteiger partial charge in [-0.05, 0) is 25.0 Å². The van der Waals surface area contributed by atoms with Gasteiger partial charge in [0.15, 0.2) is 0 Å². The van der Waals surface area contributed by atoms with Crippen LogP contribution in [0.3, 0.4) is 0 Å². The zero-order valence-electron chi connectivity index (χ0n) is 15.6. The van der Waals surface area contributed by atoms with Crippen LogP contribution in [0.25, 0.3) is 0 Å². The smallest absolute Gasteiger partial charge is 0.251 e. The van der Waals surface area contributed by atoms with E-state index >= 15 is 0 Å². The number of amides is 1. The molecule has 4 saturated heterocycles. The number of carbonyl (C=O) groups excluding carboxylic acids is 1. The van der Waals surface area contributed by atoms with Crippen LogP contribution >= 0.6 is 23.5 Å². The van der Waals surface area contributed by atoms with Gasteiger partial charge in [-0.1, -0.05) is 18.2 Å². The Kier molecular flexibility index (Phi) is 5.18. The molecule has 146 valence electrons. The zero-order chi connectivity index (χ0) is 18.3. The van der Waals surface area contributed by atoms with Crippen molar-refractivity contribution in [2.24, 2.45) is 11.8 Å². The Morgan fingerprint density at radius 3 is 2.78 bits per heavy atom. The lowest BCUT2D eigenvalue weighted by molar-refractivity contribution is 0.000562. The van der Waals surface area contributed by atoms with Crippen molar-refractivity contribution in [3.8, 4) is 0 Å². The van der Waals surface area contributed by atoms with Gasteiger partial charge in [-0.3, -0.25) is 9.69 Å². The van der Waals surface area contributed by atoms with Crippen LogP contribution in [0, 0.1) is 11.8 Å². The van der Waals surface area contributed by atoms with E-state index in [4.69, 9.17) is 4.74 Å². The first kappa shape index (κ1) is 18.3. The molecule has 0 aromatic heterocycles. The SMILES string of the molecule is O=C(NC[C@H]1[C@H]2CN(C3CSCCSC3)C[C@]23CC[C@H]1O3)c1ccccc1. The molecule has 1 aromatic rings. The minimum atomic E-state index is 0.0406. The average molecular weight is 405 g/mol. The molecule has 1 aromatic carbocycles. The molecule has 0 aliphatic carbocycles. The molecular weight excluding hydrogens is 376 g/mol. The summed E-state index contributed by atoms with van der Waals surface area (Å²) in [6.07, 6.45) is 2.70. The third-order valence-electron chi connectivity index (χ3n) is 6.85. The van der Waals surface area contributed by atoms with Crippen molar-refractivity contribution in [3.05, 3.63) is 35.9 Å². The highest BCUT2D eigenvalue weighted by Crippen LogP contribution is 2.55. The van der Waals surface area contributed by atoms with Crippen molar-refractivity contribution in [1.82, 2.24) is 10.2 Å². The summed E-state index contributed by atoms with van der Waals surface area (Å²) in [7, 11) is 0. The third kappa shape index (κ3) is 3.43. The number of carbonyl (C=O) groups is 1. The van der Waals surface area contributed by atoms with Crippen molar-refractivity contribution < 1.29 is 9.53 Å². The fraction of sp³-hybridized carbons (Fsp3) is 0.667. The van der Waals surface area contributed by atoms with Crippen molar-refractivity contribution in [2.75, 3.05) is 42.6 Å². The molecule has 4 atom stereocenters. The van der Waals surface area contributed by atoms with E-state index in [0.29, 0.717) is 24.0 Å². The average Bonchev–Trinajstić information content (AvgIpc) is 3.28. The number of hydrogen-bond acceptors (Lipinski definition) is 5. The lowest BCUT2D eigenvalue weighted by atomic mass is 9.73. The highest BCUT2D eigenvalue weighted by Gasteiger charge is 2.63. The Morgan fingerprint density at radius 2 is 2.00 bits per heavy atom. The minimum Gasteiger partial charge on any atom is -0.370 e. The van der Waals surface area contributed by atoms with Gasteiger partial charge in [0.25, 0.3) is 5.91 Å². The molecule has 0 unspecified atom stereocenters. The van der Waals surface area contributed by atoms with Crippen LogP contribution in [-0.4, -0.2) is 71.2 Å². The number of thioether (sulfide) groups is 2. The Hall–Kier alpha value is -0.690. The number of likely N-dealkylation sites (tertiary alicyclic amines) is 1. The van der Waals surface area contributed by atoms with E-state index in [2.05, 4.69) is 33.7 Å². The van der Waals surface area contributed by atoms with E-state index in [9.17, 15) is 4.79 Å². The van der Waals surface area contributed by atoms with Crippen molar-refractivity contribution in [2.45, 2.75) is 30.6 Å². The second-order valence-electron chi connectivity index (χ2n) is 8.34. The lowest BCUT2D eigenvalue weighted by Crippen LogP contribution is -2.41. The van der Waals surface area contributed by atoms with E-state index in [0.717, 1.165) is 31.6 Å². The number of benzene rings is 1. The van der Waals surface area contributed by atoms with Crippen LogP contribution in [0.15, 0.2) is 30.3 Å². The molecule has 1 spiro atoms. The van der Waals surface area contributed by atoms with Crippen molar-refractivity contribution in [1.29, 1.82) is 0 Å². The maximum atomic E-state index is 12.5. The molecule has 4 aliphatic heterocycles. The normalized spacial score (nSPS) is 36.5. The standard InChI is InChI=1S/C21H28N2O2S2/c24-20(15-4-2-1-3-5-15)22-10-17-18-11-23(16-12-26-8-9-27-13-16)14-21(18)7-6-19(17)25-21/h1-5,16-19H,6-14H2,(H,22,24)/t17-,18+,19+,21+/m0/s1. The van der Waals surface area contributed by atoms with E-state index < -0.39 is 0 Å². The first-order valence-electron chi connectivity index (χ1n) is 10.2. The molecule has 4 nitrogen and oxygen atoms in total. The number of hydrogen-bond donors (Lipinski definition) is 1. The molecule has 0 radical (unpaired) electrons. The van der Waals surface area contributed by atoms with Gasteiger partial charge >= 0.3 is 0 Å². The largest absolute Gasteiger partial charge is 0.370 e. The molecule has 4 heterocycles. The van der Waals surface area contributed by atoms with Crippen molar-refractivity contribution >= 4 is 29.4 Å². The molecule has 0 saturated carbocycles. The van der Waals surface area contributed by atoms with Crippen LogP contribution in [-0.2, 0) is 4.74 Å². The van der Waals surface area contributed by atoms with E-state index in [1.807, 2.05) is 30.3 Å². The molecule has 2 bridgehead atoms. The van der Waals surface area contributed by atoms with Gasteiger partial charge in [0.1, 0.15) is 0 Å². The Balaban J connectivity index is 1.25. The van der Waals surface area contributed by atoms with Crippen LogP contribution in [0.2, 0.25) is 0 Å². The number of nitrogens with zero attached hydrogens (tertiary/aromatic N) is 1. The first-order chi connectivity index (χ1) is 13.3. The Morgan fingerprint density at radius 1 is 1.22 bits per heavy atom. The third-order valence-corrected chi connectivity index (χ3v) is 9.34. The van der Waals surface area contributed by atoms with Crippen LogP contribution < -0.4 is 5.32 Å². The second-order valence-corrected chi connectivity index (χ2v) is 10.6. The maximum absolute atomic E-state index is 12.5. The molecule has 6 heteroatoms. The number of ether oxygens (including phenoxy) is 1. The van der Waals surface area contributed by atoms with Crippen LogP contribution in [0.1, 0.15) is 23.2 Å². The van der Waals surface area contributed by atoms with Gasteiger partial charge in [-0.25, -0.2) is 0 Å². The Bertz CT molecular complexity index is 680. The van der Waals surface area contributed by atoms with Crippen LogP contribution in [0.5, 0.6) is 0 Å². The summed E-state index contributed by atoms with van der Waals surface area (Å²) in [5.41, 5.74) is 0.811. The van der Waals surface area contributed by atoms with Gasteiger partial charge in [0, 0.05) is 66.1 Å². The predicted octanol–water partition coefficient (Wildman–Crippen LogP) is 2.74. The fourth-order valence-corrected chi connectivity index (χ4v) is 8.12. The maximum Gasteiger partial charge on any atom is 0.251 e. The molecule has 5 rings (SSSR count). The summed E-state index contributed by atoms with van der Waals surface area (Å²) < 4.78 is 6.58. The van der Waals surface area contributed by atoms with Gasteiger partial charge in [-0.15, -0.1) is 0 Å². The topological polar surface area (TPSA) is 41.6 Å². The Labute approximate surface area is 170 Å². The molecule has 4 fully saturated rings. The fourth-order valence-electron chi connectivity index (χ4n) is 5.50. The summed E-state index contributed by atoms with van der Waals surface area (Å²) in [6, 6.07) is 10.2. The van der Waals surface area contributed by atoms with E-state index in [1.165, 1.54) is 29.4 Å². The summed E-state index contributed by atoms with van der Waals surface area (Å²) in [5, 5.41) is 3.19. The van der Waals surface area contributed by atoms with Gasteiger partial charge < -0.3 is 10.1 Å². The highest BCUT2D eigenvalue weighted by molar-refractivity contribution is 8.03. The van der Waals surface area contributed by atoms with Crippen LogP contribution in [0.4, 0.5) is 0 Å². The summed E-state index contributed by atoms with van der Waals surface area (Å²) in [6.45, 7) is 2.99. The molecule has 27 heavy (non-hydrogen) atoms. The summed E-state index contributed by atoms with van der Waals surface area (Å²) in [4.78, 5) is 15.2. The molecular formula is C21H28N2O2S2. The minimum absolute atomic E-state index is 0.0406. The summed E-state index contributed by atoms with van der Waals surface area (Å²) in [5.74, 6) is 6.17. The van der Waals surface area contributed by atoms with E-state index in [-0.39, 0.29) is 11.5 Å². The first-order valence-corrected chi connectivity index (χ1v) is 12.5. The second kappa shape index (κ2) is 7.62. The number of fused-ring (bicyclic) bond motifs is 1. The lowest BCUT2D eigenvalue weighted by Gasteiger charge is -2.29. The quantitative estimate of drug-likeness (QED) is 0.836. The number of rotatable bonds is 4. The van der Waals surface area contributed by atoms with Gasteiger partial charge in [0.05, 0.1) is 11.7 Å². The van der Waals surface area contributed by atoms with Gasteiger partial charge in [0.2, 0.25) is 0 Å². The number of nitrogens with one attached hydrogen (secondary N) is 1. The summed E-state index contributed by atoms with van der Waals surface area (Å²) >= 11 is 4.22. The monoisotopic (exact) mass is 404 g/mol. The van der Waals surface area contributed by atoms with Gasteiger partial charge in [-0.2, -0.15) is 23.5 Å². The zero-order valence-corrected chi connectivity index (χ0v) is 17.3. The predicted molar refractivity (Wildman–Crippen MR) is 113 cm³/mol. The highest BCUT2D eigenvalue weighted by atomic mass is 32.2. The van der Waals surface area contributed by atoms with Crippen molar-refractivity contribution in [3.63, 3.8) is 0 Å². The van der Waals surface area contributed by atoms with E-state index in [1.54, 1.807) is 0 Å². The molecule has 1 N–H and O–H groups in total.